The lowest BCUT2D eigenvalue weighted by atomic mass is 9.46. The van der Waals surface area contributed by atoms with Crippen LogP contribution in [0.5, 0.6) is 0 Å². The van der Waals surface area contributed by atoms with Crippen molar-refractivity contribution in [2.45, 2.75) is 12.8 Å². The van der Waals surface area contributed by atoms with Crippen LogP contribution in [0.1, 0.15) is 12.8 Å². The van der Waals surface area contributed by atoms with Crippen LogP contribution in [0, 0.1) is 58.2 Å². The zero-order chi connectivity index (χ0) is 9.71. The quantitative estimate of drug-likeness (QED) is 0.541. The Morgan fingerprint density at radius 2 is 1.79 bits per heavy atom. The van der Waals surface area contributed by atoms with E-state index >= 15 is 0 Å². The van der Waals surface area contributed by atoms with E-state index in [1.165, 1.54) is 0 Å². The molecular formula is C12H12N2. The molecule has 0 amide bonds. The summed E-state index contributed by atoms with van der Waals surface area (Å²) in [6, 6.07) is 4.82. The van der Waals surface area contributed by atoms with Crippen LogP contribution in [-0.2, 0) is 0 Å². The molecule has 6 atom stereocenters. The molecule has 4 rings (SSSR count). The summed E-state index contributed by atoms with van der Waals surface area (Å²) in [6.45, 7) is 0. The minimum atomic E-state index is 0.228. The molecule has 0 aromatic carbocycles. The van der Waals surface area contributed by atoms with Gasteiger partial charge < -0.3 is 0 Å². The predicted molar refractivity (Wildman–Crippen MR) is 50.5 cm³/mol. The second kappa shape index (κ2) is 2.61. The van der Waals surface area contributed by atoms with Crippen LogP contribution in [0.15, 0.2) is 12.2 Å². The Kier molecular flexibility index (Phi) is 1.50. The summed E-state index contributed by atoms with van der Waals surface area (Å²) in [5.41, 5.74) is 0. The number of hydrogen-bond donors (Lipinski definition) is 0. The molecule has 0 spiro atoms. The second-order valence-corrected chi connectivity index (χ2v) is 4.81. The molecule has 0 aliphatic heterocycles. The fourth-order valence-electron chi connectivity index (χ4n) is 3.68. The van der Waals surface area contributed by atoms with Crippen molar-refractivity contribution in [1.82, 2.24) is 0 Å². The summed E-state index contributed by atoms with van der Waals surface area (Å²) in [5.74, 6) is 2.71. The van der Waals surface area contributed by atoms with Crippen molar-refractivity contribution < 1.29 is 0 Å². The summed E-state index contributed by atoms with van der Waals surface area (Å²) in [5, 5.41) is 18.0. The first-order valence-electron chi connectivity index (χ1n) is 5.32. The first-order valence-corrected chi connectivity index (χ1v) is 5.32. The van der Waals surface area contributed by atoms with Crippen molar-refractivity contribution in [3.63, 3.8) is 0 Å². The normalized spacial score (nSPS) is 52.7. The Hall–Kier alpha value is -1.28. The van der Waals surface area contributed by atoms with Gasteiger partial charge in [0.25, 0.3) is 0 Å². The third-order valence-corrected chi connectivity index (χ3v) is 4.38. The highest BCUT2D eigenvalue weighted by atomic mass is 14.6. The lowest BCUT2D eigenvalue weighted by Gasteiger charge is -2.56. The summed E-state index contributed by atoms with van der Waals surface area (Å²) in [6.07, 6.45) is 6.52. The van der Waals surface area contributed by atoms with E-state index in [1.807, 2.05) is 0 Å². The fraction of sp³-hybridized carbons (Fsp3) is 0.667. The highest BCUT2D eigenvalue weighted by molar-refractivity contribution is 5.22. The van der Waals surface area contributed by atoms with E-state index < -0.39 is 0 Å². The first-order chi connectivity index (χ1) is 6.85. The van der Waals surface area contributed by atoms with Crippen molar-refractivity contribution in [2.75, 3.05) is 0 Å². The SMILES string of the molecule is N#CC1CC2C=CC1C1CC(C#N)C21. The Bertz CT molecular complexity index is 371. The van der Waals surface area contributed by atoms with Crippen molar-refractivity contribution in [2.24, 2.45) is 35.5 Å². The maximum atomic E-state index is 9.02. The maximum absolute atomic E-state index is 9.02. The zero-order valence-electron chi connectivity index (χ0n) is 7.93. The first kappa shape index (κ1) is 8.06. The molecule has 0 heterocycles. The predicted octanol–water partition coefficient (Wildman–Crippen LogP) is 2.11. The van der Waals surface area contributed by atoms with E-state index in [0.29, 0.717) is 23.7 Å². The van der Waals surface area contributed by atoms with Crippen molar-refractivity contribution in [3.05, 3.63) is 12.2 Å². The third kappa shape index (κ3) is 0.794. The van der Waals surface area contributed by atoms with Gasteiger partial charge in [0.05, 0.1) is 24.0 Å². The molecule has 0 aromatic heterocycles. The van der Waals surface area contributed by atoms with Crippen LogP contribution in [0.2, 0.25) is 0 Å². The van der Waals surface area contributed by atoms with Crippen molar-refractivity contribution >= 4 is 0 Å². The van der Waals surface area contributed by atoms with Gasteiger partial charge in [0.2, 0.25) is 0 Å². The van der Waals surface area contributed by atoms with Gasteiger partial charge in [0.15, 0.2) is 0 Å². The molecule has 2 nitrogen and oxygen atoms in total. The molecule has 4 aliphatic carbocycles. The summed E-state index contributed by atoms with van der Waals surface area (Å²) >= 11 is 0. The van der Waals surface area contributed by atoms with E-state index in [1.54, 1.807) is 0 Å². The van der Waals surface area contributed by atoms with Gasteiger partial charge in [0, 0.05) is 0 Å². The van der Waals surface area contributed by atoms with Gasteiger partial charge in [-0.15, -0.1) is 0 Å². The summed E-state index contributed by atoms with van der Waals surface area (Å²) < 4.78 is 0. The molecule has 0 radical (unpaired) electrons. The Labute approximate surface area is 83.8 Å². The summed E-state index contributed by atoms with van der Waals surface area (Å²) in [7, 11) is 0. The van der Waals surface area contributed by atoms with Crippen molar-refractivity contribution in [1.29, 1.82) is 10.5 Å². The Balaban J connectivity index is 1.91. The van der Waals surface area contributed by atoms with Gasteiger partial charge in [-0.3, -0.25) is 0 Å². The standard InChI is InChI=1S/C12H12N2/c13-5-8-3-7-1-2-10(8)11-4-9(6-14)12(7)11/h1-2,7-12H,3-4H2. The highest BCUT2D eigenvalue weighted by Gasteiger charge is 2.55. The van der Waals surface area contributed by atoms with Crippen LogP contribution in [0.3, 0.4) is 0 Å². The number of nitriles is 2. The average molecular weight is 184 g/mol. The second-order valence-electron chi connectivity index (χ2n) is 4.81. The molecular weight excluding hydrogens is 172 g/mol. The van der Waals surface area contributed by atoms with Gasteiger partial charge in [0.1, 0.15) is 0 Å². The van der Waals surface area contributed by atoms with Crippen molar-refractivity contribution in [3.8, 4) is 12.1 Å². The number of rotatable bonds is 0. The fourth-order valence-corrected chi connectivity index (χ4v) is 3.68. The zero-order valence-corrected chi connectivity index (χ0v) is 7.93. The number of nitrogens with zero attached hydrogens (tertiary/aromatic N) is 2. The molecule has 0 N–H and O–H groups in total. The molecule has 2 saturated carbocycles. The molecule has 14 heavy (non-hydrogen) atoms. The Morgan fingerprint density at radius 1 is 1.00 bits per heavy atom. The largest absolute Gasteiger partial charge is 0.198 e. The van der Waals surface area contributed by atoms with E-state index in [2.05, 4.69) is 24.3 Å². The summed E-state index contributed by atoms with van der Waals surface area (Å²) in [4.78, 5) is 0. The van der Waals surface area contributed by atoms with E-state index in [0.717, 1.165) is 12.8 Å². The van der Waals surface area contributed by atoms with Crippen LogP contribution >= 0.6 is 0 Å². The monoisotopic (exact) mass is 184 g/mol. The lowest BCUT2D eigenvalue weighted by molar-refractivity contribution is -0.0301. The van der Waals surface area contributed by atoms with Gasteiger partial charge >= 0.3 is 0 Å². The molecule has 0 aromatic rings. The van der Waals surface area contributed by atoms with Crippen LogP contribution in [0.4, 0.5) is 0 Å². The van der Waals surface area contributed by atoms with E-state index in [4.69, 9.17) is 10.5 Å². The molecule has 6 unspecified atom stereocenters. The van der Waals surface area contributed by atoms with Gasteiger partial charge in [-0.05, 0) is 36.5 Å². The highest BCUT2D eigenvalue weighted by Crippen LogP contribution is 2.59. The number of allylic oxidation sites excluding steroid dienone is 2. The Morgan fingerprint density at radius 3 is 2.43 bits per heavy atom. The topological polar surface area (TPSA) is 47.6 Å². The molecule has 70 valence electrons. The third-order valence-electron chi connectivity index (χ3n) is 4.38. The molecule has 2 bridgehead atoms. The smallest absolute Gasteiger partial charge is 0.0662 e. The number of hydrogen-bond acceptors (Lipinski definition) is 2. The van der Waals surface area contributed by atoms with Crippen LogP contribution < -0.4 is 0 Å². The lowest BCUT2D eigenvalue weighted by Crippen LogP contribution is -2.52. The van der Waals surface area contributed by atoms with E-state index in [9.17, 15) is 0 Å². The minimum Gasteiger partial charge on any atom is -0.198 e. The molecule has 2 fully saturated rings. The minimum absolute atomic E-state index is 0.228. The van der Waals surface area contributed by atoms with Gasteiger partial charge in [-0.25, -0.2) is 0 Å². The number of fused-ring (bicyclic) bond motifs is 1. The molecule has 4 aliphatic rings. The average Bonchev–Trinajstić information content (AvgIpc) is 2.18. The van der Waals surface area contributed by atoms with Crippen LogP contribution in [0.25, 0.3) is 0 Å². The van der Waals surface area contributed by atoms with Gasteiger partial charge in [-0.1, -0.05) is 12.2 Å². The maximum Gasteiger partial charge on any atom is 0.0662 e. The van der Waals surface area contributed by atoms with E-state index in [-0.39, 0.29) is 11.8 Å². The van der Waals surface area contributed by atoms with Crippen LogP contribution in [-0.4, -0.2) is 0 Å². The molecule has 2 heteroatoms. The van der Waals surface area contributed by atoms with Gasteiger partial charge in [-0.2, -0.15) is 10.5 Å². The molecule has 0 saturated heterocycles.